The molecule has 1 aromatic heterocycles. The molecule has 0 saturated carbocycles. The maximum absolute atomic E-state index is 12.9. The summed E-state index contributed by atoms with van der Waals surface area (Å²) < 4.78 is 14.7. The molecule has 1 saturated heterocycles. The first-order valence-electron chi connectivity index (χ1n) is 8.62. The lowest BCUT2D eigenvalue weighted by atomic mass is 10.0. The van der Waals surface area contributed by atoms with E-state index in [0.29, 0.717) is 31.6 Å². The summed E-state index contributed by atoms with van der Waals surface area (Å²) in [7, 11) is 0. The quantitative estimate of drug-likeness (QED) is 0.880. The van der Waals surface area contributed by atoms with Gasteiger partial charge in [0.1, 0.15) is 11.9 Å². The van der Waals surface area contributed by atoms with Crippen molar-refractivity contribution in [3.63, 3.8) is 0 Å². The van der Waals surface area contributed by atoms with E-state index in [1.807, 2.05) is 11.8 Å². The summed E-state index contributed by atoms with van der Waals surface area (Å²) in [6.07, 6.45) is 6.45. The van der Waals surface area contributed by atoms with E-state index in [1.54, 1.807) is 23.3 Å². The number of benzene rings is 1. The molecule has 138 valence electrons. The number of nitrogens with zero attached hydrogens (tertiary/aromatic N) is 3. The minimum Gasteiger partial charge on any atom is -0.341 e. The lowest BCUT2D eigenvalue weighted by molar-refractivity contribution is -0.135. The van der Waals surface area contributed by atoms with E-state index in [9.17, 15) is 14.0 Å². The number of anilines is 1. The molecule has 1 aliphatic rings. The Kier molecular flexibility index (Phi) is 5.50. The fraction of sp³-hybridized carbons (Fsp3) is 0.389. The van der Waals surface area contributed by atoms with Gasteiger partial charge in [0.25, 0.3) is 0 Å². The Morgan fingerprint density at radius 1 is 1.23 bits per heavy atom. The number of amides is 3. The average molecular weight is 359 g/mol. The molecule has 0 radical (unpaired) electrons. The zero-order valence-electron chi connectivity index (χ0n) is 14.6. The molecular weight excluding hydrogens is 337 g/mol. The second-order valence-electron chi connectivity index (χ2n) is 6.39. The number of aromatic nitrogens is 2. The third-order valence-corrected chi connectivity index (χ3v) is 4.57. The smallest absolute Gasteiger partial charge is 0.319 e. The van der Waals surface area contributed by atoms with Crippen LogP contribution in [0.3, 0.4) is 0 Å². The third-order valence-electron chi connectivity index (χ3n) is 4.57. The average Bonchev–Trinajstić information content (AvgIpc) is 3.18. The monoisotopic (exact) mass is 359 g/mol. The largest absolute Gasteiger partial charge is 0.341 e. The molecule has 26 heavy (non-hydrogen) atoms. The van der Waals surface area contributed by atoms with Crippen LogP contribution >= 0.6 is 0 Å². The van der Waals surface area contributed by atoms with Gasteiger partial charge in [-0.25, -0.2) is 14.2 Å². The van der Waals surface area contributed by atoms with Gasteiger partial charge in [-0.15, -0.1) is 0 Å². The van der Waals surface area contributed by atoms with Crippen LogP contribution < -0.4 is 10.6 Å². The van der Waals surface area contributed by atoms with Crippen molar-refractivity contribution in [2.24, 2.45) is 0 Å². The maximum Gasteiger partial charge on any atom is 0.319 e. The molecule has 1 atom stereocenters. The zero-order chi connectivity index (χ0) is 18.5. The molecule has 8 heteroatoms. The molecule has 3 rings (SSSR count). The number of imidazole rings is 1. The SMILES string of the molecule is C[C@@H](C(=O)N1CCC(NC(=O)Nc2ccc(F)cc2)CC1)n1ccnc1. The Bertz CT molecular complexity index is 739. The summed E-state index contributed by atoms with van der Waals surface area (Å²) in [5.41, 5.74) is 0.533. The van der Waals surface area contributed by atoms with E-state index in [1.165, 1.54) is 24.3 Å². The Balaban J connectivity index is 1.45. The van der Waals surface area contributed by atoms with Crippen LogP contribution in [0.1, 0.15) is 25.8 Å². The topological polar surface area (TPSA) is 79.3 Å². The van der Waals surface area contributed by atoms with Crippen molar-refractivity contribution < 1.29 is 14.0 Å². The van der Waals surface area contributed by atoms with Crippen LogP contribution in [-0.2, 0) is 4.79 Å². The van der Waals surface area contributed by atoms with Crippen molar-refractivity contribution in [1.29, 1.82) is 0 Å². The number of hydrogen-bond acceptors (Lipinski definition) is 3. The number of carbonyl (C=O) groups excluding carboxylic acids is 2. The van der Waals surface area contributed by atoms with Crippen LogP contribution in [0.15, 0.2) is 43.0 Å². The second-order valence-corrected chi connectivity index (χ2v) is 6.39. The molecule has 1 aromatic carbocycles. The summed E-state index contributed by atoms with van der Waals surface area (Å²) in [6, 6.07) is 4.99. The molecule has 0 unspecified atom stereocenters. The molecule has 1 aliphatic heterocycles. The predicted octanol–water partition coefficient (Wildman–Crippen LogP) is 2.40. The van der Waals surface area contributed by atoms with E-state index in [4.69, 9.17) is 0 Å². The van der Waals surface area contributed by atoms with Gasteiger partial charge in [0.2, 0.25) is 5.91 Å². The molecule has 7 nitrogen and oxygen atoms in total. The minimum absolute atomic E-state index is 0.00282. The summed E-state index contributed by atoms with van der Waals surface area (Å²) in [6.45, 7) is 3.04. The lowest BCUT2D eigenvalue weighted by Crippen LogP contribution is -2.48. The Morgan fingerprint density at radius 2 is 1.92 bits per heavy atom. The third kappa shape index (κ3) is 4.38. The summed E-state index contributed by atoms with van der Waals surface area (Å²) in [5, 5.41) is 5.58. The lowest BCUT2D eigenvalue weighted by Gasteiger charge is -2.34. The highest BCUT2D eigenvalue weighted by molar-refractivity contribution is 5.89. The minimum atomic E-state index is -0.349. The van der Waals surface area contributed by atoms with Gasteiger partial charge in [-0.05, 0) is 44.0 Å². The number of piperidine rings is 1. The van der Waals surface area contributed by atoms with Gasteiger partial charge < -0.3 is 20.1 Å². The molecule has 2 aromatic rings. The van der Waals surface area contributed by atoms with Gasteiger partial charge in [0, 0.05) is 37.2 Å². The number of carbonyl (C=O) groups is 2. The molecule has 0 spiro atoms. The van der Waals surface area contributed by atoms with Crippen LogP contribution in [-0.4, -0.2) is 45.5 Å². The molecule has 2 heterocycles. The van der Waals surface area contributed by atoms with Gasteiger partial charge in [-0.1, -0.05) is 0 Å². The second kappa shape index (κ2) is 7.99. The van der Waals surface area contributed by atoms with Crippen molar-refractivity contribution in [2.45, 2.75) is 31.8 Å². The number of likely N-dealkylation sites (tertiary alicyclic amines) is 1. The molecule has 0 bridgehead atoms. The normalized spacial score (nSPS) is 16.2. The maximum atomic E-state index is 12.9. The number of hydrogen-bond donors (Lipinski definition) is 2. The highest BCUT2D eigenvalue weighted by atomic mass is 19.1. The number of nitrogens with one attached hydrogen (secondary N) is 2. The number of urea groups is 1. The summed E-state index contributed by atoms with van der Waals surface area (Å²) in [5.74, 6) is -0.296. The van der Waals surface area contributed by atoms with Crippen molar-refractivity contribution in [3.8, 4) is 0 Å². The predicted molar refractivity (Wildman–Crippen MR) is 95.1 cm³/mol. The van der Waals surface area contributed by atoms with E-state index < -0.39 is 0 Å². The standard InChI is InChI=1S/C18H22FN5O2/c1-13(24-11-8-20-12-24)17(25)23-9-6-16(7-10-23)22-18(26)21-15-4-2-14(19)3-5-15/h2-5,8,11-13,16H,6-7,9-10H2,1H3,(H2,21,22,26)/t13-/m0/s1. The molecular formula is C18H22FN5O2. The van der Waals surface area contributed by atoms with Crippen molar-refractivity contribution in [2.75, 3.05) is 18.4 Å². The van der Waals surface area contributed by atoms with E-state index in [0.717, 1.165) is 0 Å². The van der Waals surface area contributed by atoms with Crippen molar-refractivity contribution >= 4 is 17.6 Å². The molecule has 3 amide bonds. The molecule has 2 N–H and O–H groups in total. The summed E-state index contributed by atoms with van der Waals surface area (Å²) >= 11 is 0. The highest BCUT2D eigenvalue weighted by Crippen LogP contribution is 2.16. The van der Waals surface area contributed by atoms with Crippen LogP contribution in [0.5, 0.6) is 0 Å². The van der Waals surface area contributed by atoms with Crippen LogP contribution in [0.25, 0.3) is 0 Å². The summed E-state index contributed by atoms with van der Waals surface area (Å²) in [4.78, 5) is 30.4. The highest BCUT2D eigenvalue weighted by Gasteiger charge is 2.27. The Morgan fingerprint density at radius 3 is 2.54 bits per heavy atom. The zero-order valence-corrected chi connectivity index (χ0v) is 14.6. The van der Waals surface area contributed by atoms with Crippen LogP contribution in [0.2, 0.25) is 0 Å². The number of halogens is 1. The first-order valence-corrected chi connectivity index (χ1v) is 8.62. The fourth-order valence-electron chi connectivity index (χ4n) is 3.02. The van der Waals surface area contributed by atoms with E-state index in [2.05, 4.69) is 15.6 Å². The first kappa shape index (κ1) is 17.9. The first-order chi connectivity index (χ1) is 12.5. The number of rotatable bonds is 4. The van der Waals surface area contributed by atoms with Gasteiger partial charge >= 0.3 is 6.03 Å². The van der Waals surface area contributed by atoms with E-state index in [-0.39, 0.29) is 29.8 Å². The molecule has 1 fully saturated rings. The Labute approximate surface area is 151 Å². The van der Waals surface area contributed by atoms with Gasteiger partial charge in [-0.2, -0.15) is 0 Å². The van der Waals surface area contributed by atoms with Crippen molar-refractivity contribution in [1.82, 2.24) is 19.8 Å². The molecule has 0 aliphatic carbocycles. The van der Waals surface area contributed by atoms with Gasteiger partial charge in [0.15, 0.2) is 0 Å². The Hall–Kier alpha value is -2.90. The fourth-order valence-corrected chi connectivity index (χ4v) is 3.02. The van der Waals surface area contributed by atoms with E-state index >= 15 is 0 Å². The van der Waals surface area contributed by atoms with Crippen LogP contribution in [0, 0.1) is 5.82 Å². The van der Waals surface area contributed by atoms with Crippen molar-refractivity contribution in [3.05, 3.63) is 48.8 Å². The van der Waals surface area contributed by atoms with Crippen LogP contribution in [0.4, 0.5) is 14.9 Å². The van der Waals surface area contributed by atoms with Gasteiger partial charge in [-0.3, -0.25) is 4.79 Å². The van der Waals surface area contributed by atoms with Gasteiger partial charge in [0.05, 0.1) is 6.33 Å².